The molecule has 0 bridgehead atoms. The monoisotopic (exact) mass is 430 g/mol. The summed E-state index contributed by atoms with van der Waals surface area (Å²) in [5.74, 6) is 0.293. The molecule has 2 aliphatic heterocycles. The van der Waals surface area contributed by atoms with Crippen molar-refractivity contribution < 1.29 is 9.53 Å². The van der Waals surface area contributed by atoms with Crippen LogP contribution in [-0.2, 0) is 9.53 Å². The molecule has 29 heavy (non-hydrogen) atoms. The fourth-order valence-corrected chi connectivity index (χ4v) is 4.72. The second kappa shape index (κ2) is 8.64. The number of thioether (sulfide) groups is 1. The number of rotatable bonds is 6. The van der Waals surface area contributed by atoms with E-state index in [-0.39, 0.29) is 17.6 Å². The Balaban J connectivity index is 1.74. The summed E-state index contributed by atoms with van der Waals surface area (Å²) >= 11 is 6.56. The van der Waals surface area contributed by atoms with E-state index in [1.807, 2.05) is 13.0 Å². The third-order valence-electron chi connectivity index (χ3n) is 4.89. The van der Waals surface area contributed by atoms with Gasteiger partial charge in [-0.05, 0) is 37.5 Å². The highest BCUT2D eigenvalue weighted by Gasteiger charge is 2.32. The van der Waals surface area contributed by atoms with Gasteiger partial charge < -0.3 is 10.1 Å². The van der Waals surface area contributed by atoms with Crippen LogP contribution in [0.25, 0.3) is 11.7 Å². The molecule has 0 radical (unpaired) electrons. The fourth-order valence-electron chi connectivity index (χ4n) is 3.43. The van der Waals surface area contributed by atoms with Crippen LogP contribution < -0.4 is 10.9 Å². The summed E-state index contributed by atoms with van der Waals surface area (Å²) in [6.45, 7) is 3.89. The molecular formula is C20H22N4O3S2. The van der Waals surface area contributed by atoms with E-state index in [0.29, 0.717) is 39.3 Å². The first-order valence-electron chi connectivity index (χ1n) is 9.70. The molecule has 4 heterocycles. The van der Waals surface area contributed by atoms with Crippen LogP contribution in [0, 0.1) is 0 Å². The molecule has 9 heteroatoms. The molecule has 4 rings (SSSR count). The van der Waals surface area contributed by atoms with Crippen molar-refractivity contribution in [3.05, 3.63) is 45.2 Å². The number of anilines is 1. The molecule has 2 saturated heterocycles. The molecule has 1 amide bonds. The van der Waals surface area contributed by atoms with Crippen LogP contribution in [0.2, 0.25) is 0 Å². The number of nitrogens with one attached hydrogen (secondary N) is 1. The van der Waals surface area contributed by atoms with Crippen LogP contribution in [0.1, 0.15) is 31.7 Å². The van der Waals surface area contributed by atoms with Crippen molar-refractivity contribution in [1.82, 2.24) is 14.3 Å². The normalized spacial score (nSPS) is 20.9. The number of ether oxygens (including phenoxy) is 1. The van der Waals surface area contributed by atoms with Gasteiger partial charge in [-0.3, -0.25) is 18.9 Å². The van der Waals surface area contributed by atoms with E-state index in [1.54, 1.807) is 29.3 Å². The lowest BCUT2D eigenvalue weighted by Gasteiger charge is -2.14. The lowest BCUT2D eigenvalue weighted by atomic mass is 10.2. The Morgan fingerprint density at radius 3 is 3.03 bits per heavy atom. The van der Waals surface area contributed by atoms with Gasteiger partial charge in [-0.2, -0.15) is 0 Å². The summed E-state index contributed by atoms with van der Waals surface area (Å²) in [5.41, 5.74) is 0.665. The highest BCUT2D eigenvalue weighted by molar-refractivity contribution is 8.26. The highest BCUT2D eigenvalue weighted by Crippen LogP contribution is 2.33. The third-order valence-corrected chi connectivity index (χ3v) is 6.26. The van der Waals surface area contributed by atoms with Gasteiger partial charge in [0.05, 0.1) is 16.6 Å². The molecule has 1 N–H and O–H groups in total. The lowest BCUT2D eigenvalue weighted by molar-refractivity contribution is -0.122. The van der Waals surface area contributed by atoms with Crippen LogP contribution in [0.5, 0.6) is 0 Å². The van der Waals surface area contributed by atoms with Gasteiger partial charge in [0.25, 0.3) is 11.5 Å². The van der Waals surface area contributed by atoms with E-state index >= 15 is 0 Å². The zero-order chi connectivity index (χ0) is 20.4. The molecule has 1 unspecified atom stereocenters. The van der Waals surface area contributed by atoms with Gasteiger partial charge in [-0.15, -0.1) is 0 Å². The predicted octanol–water partition coefficient (Wildman–Crippen LogP) is 2.90. The lowest BCUT2D eigenvalue weighted by Crippen LogP contribution is -2.28. The molecule has 152 valence electrons. The van der Waals surface area contributed by atoms with Gasteiger partial charge in [-0.25, -0.2) is 4.98 Å². The average Bonchev–Trinajstić information content (AvgIpc) is 3.33. The van der Waals surface area contributed by atoms with Crippen molar-refractivity contribution in [3.8, 4) is 0 Å². The van der Waals surface area contributed by atoms with E-state index in [2.05, 4.69) is 10.3 Å². The zero-order valence-corrected chi connectivity index (χ0v) is 17.7. The molecule has 2 aromatic heterocycles. The third kappa shape index (κ3) is 4.08. The molecule has 2 aliphatic rings. The molecule has 7 nitrogen and oxygen atoms in total. The number of hydrogen-bond donors (Lipinski definition) is 1. The fraction of sp³-hybridized carbons (Fsp3) is 0.400. The van der Waals surface area contributed by atoms with Gasteiger partial charge in [-0.1, -0.05) is 37.0 Å². The molecule has 0 aromatic carbocycles. The smallest absolute Gasteiger partial charge is 0.267 e. The van der Waals surface area contributed by atoms with Crippen molar-refractivity contribution in [2.24, 2.45) is 0 Å². The van der Waals surface area contributed by atoms with E-state index < -0.39 is 0 Å². The van der Waals surface area contributed by atoms with E-state index in [4.69, 9.17) is 17.0 Å². The summed E-state index contributed by atoms with van der Waals surface area (Å²) in [7, 11) is 0. The van der Waals surface area contributed by atoms with Gasteiger partial charge in [0.15, 0.2) is 0 Å². The standard InChI is InChI=1S/C20H22N4O3S2/c1-2-8-24-19(26)15(29-20(24)28)11-14-17(21-12-13-6-5-10-27-13)22-16-7-3-4-9-23(16)18(14)25/h3-4,7,9,11,13,21H,2,5-6,8,10,12H2,1H3/b15-11+. The van der Waals surface area contributed by atoms with Crippen molar-refractivity contribution in [1.29, 1.82) is 0 Å². The number of amides is 1. The Hall–Kier alpha value is -2.23. The van der Waals surface area contributed by atoms with Crippen LogP contribution >= 0.6 is 24.0 Å². The number of fused-ring (bicyclic) bond motifs is 1. The zero-order valence-electron chi connectivity index (χ0n) is 16.1. The van der Waals surface area contributed by atoms with Gasteiger partial charge in [0.1, 0.15) is 15.8 Å². The summed E-state index contributed by atoms with van der Waals surface area (Å²) in [6.07, 6.45) is 6.21. The van der Waals surface area contributed by atoms with E-state index in [1.165, 1.54) is 16.2 Å². The first-order chi connectivity index (χ1) is 14.1. The first kappa shape index (κ1) is 20.1. The Bertz CT molecular complexity index is 1040. The van der Waals surface area contributed by atoms with Crippen molar-refractivity contribution in [2.75, 3.05) is 25.0 Å². The summed E-state index contributed by atoms with van der Waals surface area (Å²) in [6, 6.07) is 5.39. The molecular weight excluding hydrogens is 408 g/mol. The summed E-state index contributed by atoms with van der Waals surface area (Å²) in [5, 5.41) is 3.26. The van der Waals surface area contributed by atoms with E-state index in [0.717, 1.165) is 25.9 Å². The maximum atomic E-state index is 13.2. The average molecular weight is 431 g/mol. The number of hydrogen-bond acceptors (Lipinski definition) is 7. The van der Waals surface area contributed by atoms with Gasteiger partial charge in [0.2, 0.25) is 0 Å². The maximum Gasteiger partial charge on any atom is 0.267 e. The molecule has 1 atom stereocenters. The Kier molecular flexibility index (Phi) is 5.98. The van der Waals surface area contributed by atoms with Gasteiger partial charge >= 0.3 is 0 Å². The maximum absolute atomic E-state index is 13.2. The van der Waals surface area contributed by atoms with Crippen LogP contribution in [0.3, 0.4) is 0 Å². The van der Waals surface area contributed by atoms with Crippen LogP contribution in [0.15, 0.2) is 34.1 Å². The molecule has 0 saturated carbocycles. The number of pyridine rings is 1. The minimum Gasteiger partial charge on any atom is -0.376 e. The quantitative estimate of drug-likeness (QED) is 0.558. The Morgan fingerprint density at radius 1 is 1.41 bits per heavy atom. The second-order valence-electron chi connectivity index (χ2n) is 6.96. The predicted molar refractivity (Wildman–Crippen MR) is 119 cm³/mol. The van der Waals surface area contributed by atoms with Crippen LogP contribution in [0.4, 0.5) is 5.82 Å². The van der Waals surface area contributed by atoms with Crippen molar-refractivity contribution in [2.45, 2.75) is 32.3 Å². The van der Waals surface area contributed by atoms with Crippen molar-refractivity contribution in [3.63, 3.8) is 0 Å². The number of nitrogens with zero attached hydrogens (tertiary/aromatic N) is 3. The minimum absolute atomic E-state index is 0.0987. The van der Waals surface area contributed by atoms with E-state index in [9.17, 15) is 9.59 Å². The highest BCUT2D eigenvalue weighted by atomic mass is 32.2. The Labute approximate surface area is 178 Å². The second-order valence-corrected chi connectivity index (χ2v) is 8.63. The number of carbonyl (C=O) groups is 1. The summed E-state index contributed by atoms with van der Waals surface area (Å²) < 4.78 is 7.67. The molecule has 0 aliphatic carbocycles. The number of aromatic nitrogens is 2. The number of thiocarbonyl (C=S) groups is 1. The van der Waals surface area contributed by atoms with Crippen LogP contribution in [-0.4, -0.2) is 50.3 Å². The largest absolute Gasteiger partial charge is 0.376 e. The minimum atomic E-state index is -0.230. The van der Waals surface area contributed by atoms with Crippen molar-refractivity contribution >= 4 is 51.7 Å². The van der Waals surface area contributed by atoms with Gasteiger partial charge in [0, 0.05) is 25.9 Å². The summed E-state index contributed by atoms with van der Waals surface area (Å²) in [4.78, 5) is 32.6. The molecule has 2 fully saturated rings. The molecule has 2 aromatic rings. The SMILES string of the molecule is CCCN1C(=O)/C(=C\c2c(NCC3CCCO3)nc3ccccn3c2=O)SC1=S. The first-order valence-corrected chi connectivity index (χ1v) is 10.9. The molecule has 0 spiro atoms. The Morgan fingerprint density at radius 2 is 2.28 bits per heavy atom. The topological polar surface area (TPSA) is 75.9 Å². The number of carbonyl (C=O) groups excluding carboxylic acids is 1.